The molecule has 61 valence electrons. The van der Waals surface area contributed by atoms with Crippen LogP contribution in [0.4, 0.5) is 0 Å². The van der Waals surface area contributed by atoms with E-state index in [9.17, 15) is 0 Å². The molecule has 1 radical (unpaired) electrons. The Morgan fingerprint density at radius 2 is 1.40 bits per heavy atom. The molecule has 0 aromatic carbocycles. The molecule has 0 saturated carbocycles. The van der Waals surface area contributed by atoms with E-state index in [0.717, 1.165) is 26.4 Å². The fourth-order valence-electron chi connectivity index (χ4n) is 0.594. The number of hydrogen-bond donors (Lipinski definition) is 0. The van der Waals surface area contributed by atoms with Crippen LogP contribution in [0.3, 0.4) is 0 Å². The van der Waals surface area contributed by atoms with E-state index in [-0.39, 0.29) is 0 Å². The van der Waals surface area contributed by atoms with Crippen LogP contribution in [-0.4, -0.2) is 26.4 Å². The summed E-state index contributed by atoms with van der Waals surface area (Å²) in [5.41, 5.74) is 0. The third-order valence-corrected chi connectivity index (χ3v) is 1.11. The van der Waals surface area contributed by atoms with Crippen molar-refractivity contribution < 1.29 is 9.47 Å². The molecule has 0 fully saturated rings. The van der Waals surface area contributed by atoms with Gasteiger partial charge < -0.3 is 9.47 Å². The van der Waals surface area contributed by atoms with Gasteiger partial charge in [0.25, 0.3) is 0 Å². The fourth-order valence-corrected chi connectivity index (χ4v) is 0.594. The van der Waals surface area contributed by atoms with Crippen LogP contribution in [0.25, 0.3) is 0 Å². The van der Waals surface area contributed by atoms with E-state index in [1.807, 2.05) is 20.8 Å². The maximum Gasteiger partial charge on any atom is 0.0548 e. The minimum Gasteiger partial charge on any atom is -0.381 e. The highest BCUT2D eigenvalue weighted by Crippen LogP contribution is 1.98. The van der Waals surface area contributed by atoms with Gasteiger partial charge in [-0.1, -0.05) is 6.92 Å². The molecule has 0 heterocycles. The molecule has 2 heteroatoms. The van der Waals surface area contributed by atoms with E-state index in [1.165, 1.54) is 5.92 Å². The quantitative estimate of drug-likeness (QED) is 0.566. The van der Waals surface area contributed by atoms with E-state index in [4.69, 9.17) is 9.47 Å². The van der Waals surface area contributed by atoms with Crippen LogP contribution in [0.2, 0.25) is 0 Å². The second kappa shape index (κ2) is 7.03. The largest absolute Gasteiger partial charge is 0.381 e. The molecule has 0 bridgehead atoms. The van der Waals surface area contributed by atoms with Gasteiger partial charge in [0.2, 0.25) is 0 Å². The molecular weight excluding hydrogens is 128 g/mol. The average molecular weight is 145 g/mol. The summed E-state index contributed by atoms with van der Waals surface area (Å²) in [5, 5.41) is 0. The first-order valence-electron chi connectivity index (χ1n) is 3.78. The summed E-state index contributed by atoms with van der Waals surface area (Å²) in [5.74, 6) is 1.25. The summed E-state index contributed by atoms with van der Waals surface area (Å²) < 4.78 is 10.4. The molecule has 0 unspecified atom stereocenters. The molecule has 10 heavy (non-hydrogen) atoms. The predicted octanol–water partition coefficient (Wildman–Crippen LogP) is 1.65. The summed E-state index contributed by atoms with van der Waals surface area (Å²) in [6.45, 7) is 9.06. The third-order valence-electron chi connectivity index (χ3n) is 1.11. The molecule has 0 saturated heterocycles. The lowest BCUT2D eigenvalue weighted by atomic mass is 10.2. The van der Waals surface area contributed by atoms with Gasteiger partial charge in [-0.3, -0.25) is 0 Å². The van der Waals surface area contributed by atoms with Gasteiger partial charge in [-0.15, -0.1) is 0 Å². The van der Waals surface area contributed by atoms with Gasteiger partial charge in [-0.05, 0) is 13.8 Å². The Hall–Kier alpha value is -0.0800. The second-order valence-electron chi connectivity index (χ2n) is 2.23. The highest BCUT2D eigenvalue weighted by Gasteiger charge is 2.00. The van der Waals surface area contributed by atoms with E-state index in [0.29, 0.717) is 0 Å². The van der Waals surface area contributed by atoms with Crippen molar-refractivity contribution in [3.8, 4) is 0 Å². The van der Waals surface area contributed by atoms with Crippen LogP contribution in [0.5, 0.6) is 0 Å². The molecule has 0 aliphatic carbocycles. The van der Waals surface area contributed by atoms with Crippen molar-refractivity contribution in [1.29, 1.82) is 0 Å². The lowest BCUT2D eigenvalue weighted by Crippen LogP contribution is -2.10. The highest BCUT2D eigenvalue weighted by molar-refractivity contribution is 4.82. The molecule has 0 aliphatic rings. The molecule has 0 aromatic heterocycles. The van der Waals surface area contributed by atoms with Gasteiger partial charge in [0.1, 0.15) is 0 Å². The zero-order valence-corrected chi connectivity index (χ0v) is 7.14. The second-order valence-corrected chi connectivity index (χ2v) is 2.23. The van der Waals surface area contributed by atoms with Gasteiger partial charge in [0.15, 0.2) is 0 Å². The lowest BCUT2D eigenvalue weighted by molar-refractivity contribution is 0.111. The SMILES string of the molecule is CCOC[C](C)COCC. The number of ether oxygens (including phenoxy) is 2. The fraction of sp³-hybridized carbons (Fsp3) is 0.875. The molecule has 2 nitrogen and oxygen atoms in total. The van der Waals surface area contributed by atoms with Gasteiger partial charge >= 0.3 is 0 Å². The third kappa shape index (κ3) is 6.05. The van der Waals surface area contributed by atoms with Gasteiger partial charge in [0.05, 0.1) is 13.2 Å². The molecule has 0 aromatic rings. The van der Waals surface area contributed by atoms with Crippen molar-refractivity contribution in [3.05, 3.63) is 5.92 Å². The molecule has 0 rings (SSSR count). The summed E-state index contributed by atoms with van der Waals surface area (Å²) in [6.07, 6.45) is 0. The van der Waals surface area contributed by atoms with Crippen LogP contribution in [-0.2, 0) is 9.47 Å². The molecule has 0 amide bonds. The van der Waals surface area contributed by atoms with Crippen molar-refractivity contribution in [1.82, 2.24) is 0 Å². The molecule has 0 aliphatic heterocycles. The molecule has 0 spiro atoms. The number of rotatable bonds is 6. The van der Waals surface area contributed by atoms with Crippen molar-refractivity contribution in [3.63, 3.8) is 0 Å². The van der Waals surface area contributed by atoms with Crippen LogP contribution >= 0.6 is 0 Å². The standard InChI is InChI=1S/C8H17O2/c1-4-9-6-8(3)7-10-5-2/h4-7H2,1-3H3. The summed E-state index contributed by atoms with van der Waals surface area (Å²) >= 11 is 0. The Morgan fingerprint density at radius 3 is 1.70 bits per heavy atom. The summed E-state index contributed by atoms with van der Waals surface area (Å²) in [7, 11) is 0. The smallest absolute Gasteiger partial charge is 0.0548 e. The van der Waals surface area contributed by atoms with E-state index in [2.05, 4.69) is 0 Å². The van der Waals surface area contributed by atoms with Crippen LogP contribution in [0.15, 0.2) is 0 Å². The van der Waals surface area contributed by atoms with Gasteiger partial charge in [-0.2, -0.15) is 0 Å². The Bertz CT molecular complexity index is 56.3. The van der Waals surface area contributed by atoms with Crippen LogP contribution < -0.4 is 0 Å². The van der Waals surface area contributed by atoms with Crippen molar-refractivity contribution in [2.24, 2.45) is 0 Å². The minimum absolute atomic E-state index is 0.733. The Kier molecular flexibility index (Phi) is 6.98. The Morgan fingerprint density at radius 1 is 1.00 bits per heavy atom. The summed E-state index contributed by atoms with van der Waals surface area (Å²) in [4.78, 5) is 0. The molecular formula is C8H17O2. The topological polar surface area (TPSA) is 18.5 Å². The first-order valence-corrected chi connectivity index (χ1v) is 3.78. The summed E-state index contributed by atoms with van der Waals surface area (Å²) in [6, 6.07) is 0. The first-order chi connectivity index (χ1) is 4.81. The van der Waals surface area contributed by atoms with Gasteiger partial charge in [0, 0.05) is 19.1 Å². The van der Waals surface area contributed by atoms with E-state index >= 15 is 0 Å². The van der Waals surface area contributed by atoms with E-state index in [1.54, 1.807) is 0 Å². The average Bonchev–Trinajstić information content (AvgIpc) is 1.97. The molecule has 0 atom stereocenters. The zero-order chi connectivity index (χ0) is 7.82. The number of hydrogen-bond acceptors (Lipinski definition) is 2. The first kappa shape index (κ1) is 9.92. The lowest BCUT2D eigenvalue weighted by Gasteiger charge is -2.09. The van der Waals surface area contributed by atoms with E-state index < -0.39 is 0 Å². The Balaban J connectivity index is 3.00. The normalized spacial score (nSPS) is 10.8. The zero-order valence-electron chi connectivity index (χ0n) is 7.14. The van der Waals surface area contributed by atoms with Crippen LogP contribution in [0.1, 0.15) is 20.8 Å². The minimum atomic E-state index is 0.733. The monoisotopic (exact) mass is 145 g/mol. The van der Waals surface area contributed by atoms with Crippen molar-refractivity contribution in [2.45, 2.75) is 20.8 Å². The highest BCUT2D eigenvalue weighted by atomic mass is 16.5. The maximum atomic E-state index is 5.18. The maximum absolute atomic E-state index is 5.18. The van der Waals surface area contributed by atoms with Crippen molar-refractivity contribution in [2.75, 3.05) is 26.4 Å². The predicted molar refractivity (Wildman–Crippen MR) is 41.9 cm³/mol. The molecule has 0 N–H and O–H groups in total. The van der Waals surface area contributed by atoms with Crippen molar-refractivity contribution >= 4 is 0 Å². The Labute approximate surface area is 63.5 Å². The van der Waals surface area contributed by atoms with Gasteiger partial charge in [-0.25, -0.2) is 0 Å². The van der Waals surface area contributed by atoms with Crippen LogP contribution in [0, 0.1) is 5.92 Å².